The van der Waals surface area contributed by atoms with Gasteiger partial charge >= 0.3 is 0 Å². The highest BCUT2D eigenvalue weighted by Crippen LogP contribution is 2.37. The number of nitrogens with two attached hydrogens (primary N) is 1. The Kier molecular flexibility index (Phi) is 5.65. The molecule has 21 heavy (non-hydrogen) atoms. The van der Waals surface area contributed by atoms with E-state index in [0.29, 0.717) is 6.42 Å². The summed E-state index contributed by atoms with van der Waals surface area (Å²) in [5, 5.41) is 4.02. The second-order valence-corrected chi connectivity index (χ2v) is 6.65. The van der Waals surface area contributed by atoms with Crippen LogP contribution in [0.15, 0.2) is 24.3 Å². The molecule has 0 saturated heterocycles. The monoisotopic (exact) mass is 308 g/mol. The van der Waals surface area contributed by atoms with Crippen LogP contribution < -0.4 is 11.1 Å². The molecule has 3 N–H and O–H groups in total. The van der Waals surface area contributed by atoms with E-state index in [-0.39, 0.29) is 17.5 Å². The van der Waals surface area contributed by atoms with E-state index in [1.54, 1.807) is 0 Å². The van der Waals surface area contributed by atoms with Gasteiger partial charge in [-0.25, -0.2) is 0 Å². The molecular formula is C17H25ClN2O. The van der Waals surface area contributed by atoms with Crippen molar-refractivity contribution in [1.82, 2.24) is 5.32 Å². The summed E-state index contributed by atoms with van der Waals surface area (Å²) in [6.07, 6.45) is 6.75. The summed E-state index contributed by atoms with van der Waals surface area (Å²) in [4.78, 5) is 12.3. The largest absolute Gasteiger partial charge is 0.347 e. The fraction of sp³-hybridized carbons (Fsp3) is 0.588. The number of rotatable bonds is 5. The van der Waals surface area contributed by atoms with Crippen molar-refractivity contribution in [2.24, 2.45) is 5.73 Å². The lowest BCUT2D eigenvalue weighted by Crippen LogP contribution is -2.47. The standard InChI is InChI=1S/C17H25ClN2O/c1-13(19)5-10-16(21)20-17(11-3-2-4-12-17)14-6-8-15(18)9-7-14/h6-9,13H,2-5,10-12,19H2,1H3,(H,20,21). The molecule has 1 aromatic rings. The second kappa shape index (κ2) is 7.28. The zero-order chi connectivity index (χ0) is 15.3. The lowest BCUT2D eigenvalue weighted by Gasteiger charge is -2.39. The van der Waals surface area contributed by atoms with Gasteiger partial charge in [0.15, 0.2) is 0 Å². The Balaban J connectivity index is 2.13. The summed E-state index contributed by atoms with van der Waals surface area (Å²) in [5.74, 6) is 0.101. The molecule has 1 unspecified atom stereocenters. The molecule has 1 aliphatic carbocycles. The maximum Gasteiger partial charge on any atom is 0.220 e. The number of carbonyl (C=O) groups excluding carboxylic acids is 1. The van der Waals surface area contributed by atoms with Gasteiger partial charge in [-0.3, -0.25) is 4.79 Å². The number of nitrogens with one attached hydrogen (secondary N) is 1. The molecule has 1 fully saturated rings. The SMILES string of the molecule is CC(N)CCC(=O)NC1(c2ccc(Cl)cc2)CCCCC1. The van der Waals surface area contributed by atoms with E-state index in [1.165, 1.54) is 12.0 Å². The number of hydrogen-bond donors (Lipinski definition) is 2. The minimum Gasteiger partial charge on any atom is -0.347 e. The van der Waals surface area contributed by atoms with Gasteiger partial charge in [0.2, 0.25) is 5.91 Å². The minimum atomic E-state index is -0.224. The van der Waals surface area contributed by atoms with E-state index in [0.717, 1.165) is 37.1 Å². The molecule has 4 heteroatoms. The molecule has 0 aliphatic heterocycles. The van der Waals surface area contributed by atoms with E-state index in [1.807, 2.05) is 31.2 Å². The molecule has 0 heterocycles. The zero-order valence-corrected chi connectivity index (χ0v) is 13.5. The highest BCUT2D eigenvalue weighted by molar-refractivity contribution is 6.30. The van der Waals surface area contributed by atoms with Gasteiger partial charge in [-0.15, -0.1) is 0 Å². The first-order chi connectivity index (χ1) is 10.0. The maximum atomic E-state index is 12.3. The van der Waals surface area contributed by atoms with Crippen molar-refractivity contribution in [1.29, 1.82) is 0 Å². The highest BCUT2D eigenvalue weighted by atomic mass is 35.5. The van der Waals surface area contributed by atoms with Crippen molar-refractivity contribution in [3.63, 3.8) is 0 Å². The van der Waals surface area contributed by atoms with Crippen LogP contribution in [-0.2, 0) is 10.3 Å². The molecule has 1 amide bonds. The van der Waals surface area contributed by atoms with E-state index in [9.17, 15) is 4.79 Å². The molecule has 3 nitrogen and oxygen atoms in total. The Labute approximate surface area is 132 Å². The number of carbonyl (C=O) groups is 1. The summed E-state index contributed by atoms with van der Waals surface area (Å²) in [5.41, 5.74) is 6.68. The Morgan fingerprint density at radius 3 is 2.48 bits per heavy atom. The van der Waals surface area contributed by atoms with Crippen LogP contribution in [0, 0.1) is 0 Å². The topological polar surface area (TPSA) is 55.1 Å². The number of benzene rings is 1. The fourth-order valence-corrected chi connectivity index (χ4v) is 3.22. The summed E-state index contributed by atoms with van der Waals surface area (Å²) < 4.78 is 0. The zero-order valence-electron chi connectivity index (χ0n) is 12.7. The van der Waals surface area contributed by atoms with Crippen molar-refractivity contribution >= 4 is 17.5 Å². The van der Waals surface area contributed by atoms with E-state index < -0.39 is 0 Å². The Morgan fingerprint density at radius 1 is 1.29 bits per heavy atom. The maximum absolute atomic E-state index is 12.3. The third-order valence-corrected chi connectivity index (χ3v) is 4.56. The lowest BCUT2D eigenvalue weighted by molar-refractivity contribution is -0.123. The van der Waals surface area contributed by atoms with Gasteiger partial charge in [-0.1, -0.05) is 43.0 Å². The molecule has 1 aliphatic rings. The molecule has 1 atom stereocenters. The van der Waals surface area contributed by atoms with E-state index >= 15 is 0 Å². The first-order valence-electron chi connectivity index (χ1n) is 7.84. The van der Waals surface area contributed by atoms with Crippen LogP contribution >= 0.6 is 11.6 Å². The third kappa shape index (κ3) is 4.45. The Hall–Kier alpha value is -1.06. The van der Waals surface area contributed by atoms with Gasteiger partial charge in [0.05, 0.1) is 5.54 Å². The van der Waals surface area contributed by atoms with Gasteiger partial charge in [0, 0.05) is 17.5 Å². The first-order valence-corrected chi connectivity index (χ1v) is 8.22. The normalized spacial score (nSPS) is 19.0. The van der Waals surface area contributed by atoms with E-state index in [2.05, 4.69) is 5.32 Å². The molecule has 0 spiro atoms. The average molecular weight is 309 g/mol. The van der Waals surface area contributed by atoms with Crippen LogP contribution in [0.4, 0.5) is 0 Å². The van der Waals surface area contributed by atoms with Crippen LogP contribution in [0.5, 0.6) is 0 Å². The van der Waals surface area contributed by atoms with E-state index in [4.69, 9.17) is 17.3 Å². The van der Waals surface area contributed by atoms with Gasteiger partial charge < -0.3 is 11.1 Å². The van der Waals surface area contributed by atoms with Gasteiger partial charge in [0.25, 0.3) is 0 Å². The van der Waals surface area contributed by atoms with Gasteiger partial charge in [0.1, 0.15) is 0 Å². The van der Waals surface area contributed by atoms with Crippen LogP contribution in [0.3, 0.4) is 0 Å². The number of hydrogen-bond acceptors (Lipinski definition) is 2. The van der Waals surface area contributed by atoms with Crippen molar-refractivity contribution in [2.75, 3.05) is 0 Å². The first kappa shape index (κ1) is 16.3. The second-order valence-electron chi connectivity index (χ2n) is 6.21. The summed E-state index contributed by atoms with van der Waals surface area (Å²) in [6, 6.07) is 7.95. The smallest absolute Gasteiger partial charge is 0.220 e. The molecule has 1 aromatic carbocycles. The molecule has 0 radical (unpaired) electrons. The highest BCUT2D eigenvalue weighted by Gasteiger charge is 2.35. The lowest BCUT2D eigenvalue weighted by atomic mass is 9.76. The molecule has 0 aromatic heterocycles. The Bertz CT molecular complexity index is 464. The summed E-state index contributed by atoms with van der Waals surface area (Å²) in [7, 11) is 0. The molecule has 1 saturated carbocycles. The predicted octanol–water partition coefficient (Wildman–Crippen LogP) is 3.74. The molecule has 0 bridgehead atoms. The van der Waals surface area contributed by atoms with Crippen molar-refractivity contribution in [2.45, 2.75) is 63.5 Å². The van der Waals surface area contributed by atoms with Gasteiger partial charge in [-0.2, -0.15) is 0 Å². The fourth-order valence-electron chi connectivity index (χ4n) is 3.10. The number of amides is 1. The van der Waals surface area contributed by atoms with Crippen molar-refractivity contribution in [3.05, 3.63) is 34.9 Å². The summed E-state index contributed by atoms with van der Waals surface area (Å²) >= 11 is 5.99. The number of halogens is 1. The Morgan fingerprint density at radius 2 is 1.90 bits per heavy atom. The van der Waals surface area contributed by atoms with Crippen LogP contribution in [-0.4, -0.2) is 11.9 Å². The third-order valence-electron chi connectivity index (χ3n) is 4.31. The molecule has 116 valence electrons. The van der Waals surface area contributed by atoms with Crippen molar-refractivity contribution in [3.8, 4) is 0 Å². The minimum absolute atomic E-state index is 0.0635. The average Bonchev–Trinajstić information content (AvgIpc) is 2.47. The molecule has 2 rings (SSSR count). The predicted molar refractivity (Wildman–Crippen MR) is 87.2 cm³/mol. The molecular weight excluding hydrogens is 284 g/mol. The van der Waals surface area contributed by atoms with Crippen LogP contribution in [0.25, 0.3) is 0 Å². The van der Waals surface area contributed by atoms with Gasteiger partial charge in [-0.05, 0) is 43.9 Å². The van der Waals surface area contributed by atoms with Crippen LogP contribution in [0.1, 0.15) is 57.4 Å². The van der Waals surface area contributed by atoms with Crippen LogP contribution in [0.2, 0.25) is 5.02 Å². The summed E-state index contributed by atoms with van der Waals surface area (Å²) in [6.45, 7) is 1.93. The quantitative estimate of drug-likeness (QED) is 0.870. The van der Waals surface area contributed by atoms with Crippen molar-refractivity contribution < 1.29 is 4.79 Å².